The quantitative estimate of drug-likeness (QED) is 0.707. The molecule has 0 aliphatic carbocycles. The first-order chi connectivity index (χ1) is 7.36. The molecular weight excluding hydrogens is 196 g/mol. The monoisotopic (exact) mass is 214 g/mol. The Kier molecular flexibility index (Phi) is 3.80. The first kappa shape index (κ1) is 10.7. The third kappa shape index (κ3) is 3.07. The van der Waals surface area contributed by atoms with E-state index in [0.717, 1.165) is 26.2 Å². The average Bonchev–Trinajstić information content (AvgIpc) is 2.80. The molecule has 2 saturated heterocycles. The van der Waals surface area contributed by atoms with Crippen LogP contribution in [0.5, 0.6) is 0 Å². The lowest BCUT2D eigenvalue weighted by Crippen LogP contribution is -2.47. The van der Waals surface area contributed by atoms with E-state index in [4.69, 9.17) is 9.47 Å². The van der Waals surface area contributed by atoms with Crippen molar-refractivity contribution in [2.45, 2.75) is 6.42 Å². The van der Waals surface area contributed by atoms with Crippen LogP contribution in [0.25, 0.3) is 0 Å². The Balaban J connectivity index is 1.66. The molecule has 0 aromatic rings. The summed E-state index contributed by atoms with van der Waals surface area (Å²) in [4.78, 5) is 13.5. The smallest absolute Gasteiger partial charge is 0.317 e. The molecule has 0 radical (unpaired) electrons. The van der Waals surface area contributed by atoms with E-state index in [9.17, 15) is 4.79 Å². The number of carbonyl (C=O) groups excluding carboxylic acids is 1. The van der Waals surface area contributed by atoms with Gasteiger partial charge in [0.2, 0.25) is 0 Å². The number of nitrogens with zero attached hydrogens (tertiary/aromatic N) is 1. The van der Waals surface area contributed by atoms with E-state index in [-0.39, 0.29) is 6.03 Å². The van der Waals surface area contributed by atoms with Gasteiger partial charge in [0.1, 0.15) is 0 Å². The molecule has 5 heteroatoms. The third-order valence-electron chi connectivity index (χ3n) is 2.86. The van der Waals surface area contributed by atoms with Crippen LogP contribution >= 0.6 is 0 Å². The number of morpholine rings is 1. The van der Waals surface area contributed by atoms with Gasteiger partial charge in [-0.1, -0.05) is 0 Å². The molecule has 0 aromatic heterocycles. The maximum absolute atomic E-state index is 11.7. The second kappa shape index (κ2) is 5.32. The summed E-state index contributed by atoms with van der Waals surface area (Å²) < 4.78 is 10.4. The van der Waals surface area contributed by atoms with Gasteiger partial charge in [-0.15, -0.1) is 0 Å². The maximum Gasteiger partial charge on any atom is 0.317 e. The van der Waals surface area contributed by atoms with Crippen LogP contribution in [0.2, 0.25) is 0 Å². The summed E-state index contributed by atoms with van der Waals surface area (Å²) in [5.41, 5.74) is 0. The Morgan fingerprint density at radius 2 is 2.07 bits per heavy atom. The SMILES string of the molecule is O=C(NCC1CCOC1)N1CCOCC1. The molecule has 0 bridgehead atoms. The Morgan fingerprint density at radius 3 is 2.73 bits per heavy atom. The fourth-order valence-electron chi connectivity index (χ4n) is 1.85. The Morgan fingerprint density at radius 1 is 1.27 bits per heavy atom. The summed E-state index contributed by atoms with van der Waals surface area (Å²) >= 11 is 0. The molecule has 5 nitrogen and oxygen atoms in total. The molecule has 0 saturated carbocycles. The van der Waals surface area contributed by atoms with Crippen LogP contribution in [0.4, 0.5) is 4.79 Å². The predicted molar refractivity (Wildman–Crippen MR) is 54.7 cm³/mol. The fourth-order valence-corrected chi connectivity index (χ4v) is 1.85. The van der Waals surface area contributed by atoms with E-state index in [1.807, 2.05) is 0 Å². The number of carbonyl (C=O) groups is 1. The molecule has 2 amide bonds. The fraction of sp³-hybridized carbons (Fsp3) is 0.900. The van der Waals surface area contributed by atoms with Gasteiger partial charge >= 0.3 is 6.03 Å². The van der Waals surface area contributed by atoms with Gasteiger partial charge < -0.3 is 19.7 Å². The van der Waals surface area contributed by atoms with Crippen molar-refractivity contribution in [2.75, 3.05) is 46.1 Å². The van der Waals surface area contributed by atoms with Gasteiger partial charge in [-0.3, -0.25) is 0 Å². The molecule has 15 heavy (non-hydrogen) atoms. The lowest BCUT2D eigenvalue weighted by molar-refractivity contribution is 0.0529. The third-order valence-corrected chi connectivity index (χ3v) is 2.86. The van der Waals surface area contributed by atoms with Gasteiger partial charge in [0.05, 0.1) is 19.8 Å². The van der Waals surface area contributed by atoms with Crippen LogP contribution in [0, 0.1) is 5.92 Å². The topological polar surface area (TPSA) is 50.8 Å². The largest absolute Gasteiger partial charge is 0.381 e. The molecule has 0 spiro atoms. The number of rotatable bonds is 2. The molecule has 2 fully saturated rings. The van der Waals surface area contributed by atoms with Gasteiger partial charge in [0.15, 0.2) is 0 Å². The highest BCUT2D eigenvalue weighted by Crippen LogP contribution is 2.10. The van der Waals surface area contributed by atoms with Crippen molar-refractivity contribution >= 4 is 6.03 Å². The summed E-state index contributed by atoms with van der Waals surface area (Å²) in [7, 11) is 0. The van der Waals surface area contributed by atoms with Crippen molar-refractivity contribution < 1.29 is 14.3 Å². The Bertz CT molecular complexity index is 211. The summed E-state index contributed by atoms with van der Waals surface area (Å²) in [5, 5.41) is 2.95. The summed E-state index contributed by atoms with van der Waals surface area (Å²) in [5.74, 6) is 0.495. The van der Waals surface area contributed by atoms with Gasteiger partial charge in [-0.2, -0.15) is 0 Å². The minimum atomic E-state index is 0.0326. The molecule has 86 valence electrons. The molecule has 2 rings (SSSR count). The first-order valence-electron chi connectivity index (χ1n) is 5.54. The van der Waals surface area contributed by atoms with E-state index in [0.29, 0.717) is 32.2 Å². The Labute approximate surface area is 89.7 Å². The number of amides is 2. The molecule has 2 aliphatic rings. The summed E-state index contributed by atoms with van der Waals surface area (Å²) in [6.45, 7) is 5.05. The molecule has 0 aromatic carbocycles. The zero-order valence-electron chi connectivity index (χ0n) is 8.91. The zero-order valence-corrected chi connectivity index (χ0v) is 8.91. The number of hydrogen-bond acceptors (Lipinski definition) is 3. The normalized spacial score (nSPS) is 26.7. The highest BCUT2D eigenvalue weighted by atomic mass is 16.5. The number of urea groups is 1. The molecule has 1 N–H and O–H groups in total. The van der Waals surface area contributed by atoms with Crippen molar-refractivity contribution in [3.05, 3.63) is 0 Å². The van der Waals surface area contributed by atoms with E-state index in [1.165, 1.54) is 0 Å². The second-order valence-corrected chi connectivity index (χ2v) is 4.02. The zero-order chi connectivity index (χ0) is 10.5. The predicted octanol–water partition coefficient (Wildman–Crippen LogP) is 0.0647. The van der Waals surface area contributed by atoms with Gasteiger partial charge in [0.25, 0.3) is 0 Å². The molecule has 1 unspecified atom stereocenters. The Hall–Kier alpha value is -0.810. The van der Waals surface area contributed by atoms with Crippen molar-refractivity contribution in [1.82, 2.24) is 10.2 Å². The number of hydrogen-bond donors (Lipinski definition) is 1. The van der Waals surface area contributed by atoms with Crippen molar-refractivity contribution in [3.8, 4) is 0 Å². The highest BCUT2D eigenvalue weighted by Gasteiger charge is 2.20. The average molecular weight is 214 g/mol. The van der Waals surface area contributed by atoms with Crippen molar-refractivity contribution in [2.24, 2.45) is 5.92 Å². The standard InChI is InChI=1S/C10H18N2O3/c13-10(12-2-5-14-6-3-12)11-7-9-1-4-15-8-9/h9H,1-8H2,(H,11,13). The minimum Gasteiger partial charge on any atom is -0.381 e. The van der Waals surface area contributed by atoms with Crippen LogP contribution in [0.1, 0.15) is 6.42 Å². The van der Waals surface area contributed by atoms with Gasteiger partial charge in [-0.05, 0) is 6.42 Å². The van der Waals surface area contributed by atoms with Gasteiger partial charge in [0, 0.05) is 32.2 Å². The maximum atomic E-state index is 11.7. The van der Waals surface area contributed by atoms with Gasteiger partial charge in [-0.25, -0.2) is 4.79 Å². The van der Waals surface area contributed by atoms with E-state index in [1.54, 1.807) is 4.90 Å². The minimum absolute atomic E-state index is 0.0326. The van der Waals surface area contributed by atoms with Crippen molar-refractivity contribution in [3.63, 3.8) is 0 Å². The van der Waals surface area contributed by atoms with Crippen LogP contribution in [-0.4, -0.2) is 57.0 Å². The van der Waals surface area contributed by atoms with E-state index < -0.39 is 0 Å². The second-order valence-electron chi connectivity index (χ2n) is 4.02. The number of nitrogens with one attached hydrogen (secondary N) is 1. The van der Waals surface area contributed by atoms with E-state index in [2.05, 4.69) is 5.32 Å². The van der Waals surface area contributed by atoms with Crippen LogP contribution in [0.3, 0.4) is 0 Å². The molecule has 2 aliphatic heterocycles. The molecule has 1 atom stereocenters. The van der Waals surface area contributed by atoms with Crippen LogP contribution in [0.15, 0.2) is 0 Å². The first-order valence-corrected chi connectivity index (χ1v) is 5.54. The summed E-state index contributed by atoms with van der Waals surface area (Å²) in [6.07, 6.45) is 1.06. The molecular formula is C10H18N2O3. The number of ether oxygens (including phenoxy) is 2. The van der Waals surface area contributed by atoms with Crippen LogP contribution in [-0.2, 0) is 9.47 Å². The highest BCUT2D eigenvalue weighted by molar-refractivity contribution is 5.74. The van der Waals surface area contributed by atoms with Crippen molar-refractivity contribution in [1.29, 1.82) is 0 Å². The lowest BCUT2D eigenvalue weighted by atomic mass is 10.1. The lowest BCUT2D eigenvalue weighted by Gasteiger charge is -2.27. The van der Waals surface area contributed by atoms with Crippen LogP contribution < -0.4 is 5.32 Å². The van der Waals surface area contributed by atoms with E-state index >= 15 is 0 Å². The summed E-state index contributed by atoms with van der Waals surface area (Å²) in [6, 6.07) is 0.0326. The molecule has 2 heterocycles.